The van der Waals surface area contributed by atoms with Gasteiger partial charge in [-0.3, -0.25) is 0 Å². The van der Waals surface area contributed by atoms with E-state index in [0.717, 1.165) is 0 Å². The third-order valence-corrected chi connectivity index (χ3v) is 1.05. The van der Waals surface area contributed by atoms with E-state index < -0.39 is 11.9 Å². The lowest BCUT2D eigenvalue weighted by Crippen LogP contribution is -2.14. The first kappa shape index (κ1) is 21.8. The lowest BCUT2D eigenvalue weighted by Gasteiger charge is -1.91. The minimum atomic E-state index is -1.26. The number of rotatable bonds is 4. The first-order valence-corrected chi connectivity index (χ1v) is 5.07. The second-order valence-corrected chi connectivity index (χ2v) is 3.18. The standard InChI is InChI=1S/C4H4O4.2C3H9NO/c5-3(6)1-2-4(7)8;2*1-3(5)2-4/h1-2H,(H,5,6)(H,7,8);2*3,5H,2,4H2,1H3/b2-1-;;. The number of hydrogen-bond donors (Lipinski definition) is 6. The van der Waals surface area contributed by atoms with Crippen LogP contribution in [0.5, 0.6) is 0 Å². The van der Waals surface area contributed by atoms with Crippen molar-refractivity contribution in [3.63, 3.8) is 0 Å². The van der Waals surface area contributed by atoms with Crippen LogP contribution in [0.2, 0.25) is 0 Å². The van der Waals surface area contributed by atoms with Gasteiger partial charge in [0.25, 0.3) is 0 Å². The Morgan fingerprint density at radius 2 is 1.11 bits per heavy atom. The van der Waals surface area contributed by atoms with Gasteiger partial charge in [-0.2, -0.15) is 0 Å². The number of hydrogen-bond acceptors (Lipinski definition) is 6. The van der Waals surface area contributed by atoms with Crippen molar-refractivity contribution in [3.05, 3.63) is 12.2 Å². The van der Waals surface area contributed by atoms with E-state index in [4.69, 9.17) is 31.9 Å². The molecule has 0 heterocycles. The van der Waals surface area contributed by atoms with Crippen LogP contribution in [0.1, 0.15) is 13.8 Å². The molecule has 108 valence electrons. The van der Waals surface area contributed by atoms with Gasteiger partial charge in [0.05, 0.1) is 12.2 Å². The number of carboxylic acids is 2. The van der Waals surface area contributed by atoms with E-state index in [-0.39, 0.29) is 12.2 Å². The molecule has 0 aliphatic rings. The van der Waals surface area contributed by atoms with Crippen molar-refractivity contribution in [1.29, 1.82) is 0 Å². The molecule has 0 saturated carbocycles. The van der Waals surface area contributed by atoms with Crippen LogP contribution >= 0.6 is 0 Å². The summed E-state index contributed by atoms with van der Waals surface area (Å²) in [5, 5.41) is 32.1. The maximum Gasteiger partial charge on any atom is 0.328 e. The summed E-state index contributed by atoms with van der Waals surface area (Å²) in [6, 6.07) is 0. The van der Waals surface area contributed by atoms with E-state index in [9.17, 15) is 9.59 Å². The van der Waals surface area contributed by atoms with Crippen molar-refractivity contribution in [2.45, 2.75) is 26.1 Å². The molecule has 0 radical (unpaired) electrons. The Hall–Kier alpha value is -1.48. The van der Waals surface area contributed by atoms with Gasteiger partial charge in [0, 0.05) is 25.2 Å². The fourth-order valence-corrected chi connectivity index (χ4v) is 0.143. The number of carbonyl (C=O) groups is 2. The Morgan fingerprint density at radius 1 is 0.944 bits per heavy atom. The van der Waals surface area contributed by atoms with Crippen molar-refractivity contribution in [2.75, 3.05) is 13.1 Å². The average molecular weight is 266 g/mol. The van der Waals surface area contributed by atoms with Crippen molar-refractivity contribution in [1.82, 2.24) is 0 Å². The summed E-state index contributed by atoms with van der Waals surface area (Å²) in [4.78, 5) is 19.1. The second kappa shape index (κ2) is 15.5. The predicted octanol–water partition coefficient (Wildman–Crippen LogP) is -1.64. The van der Waals surface area contributed by atoms with Crippen molar-refractivity contribution in [3.8, 4) is 0 Å². The summed E-state index contributed by atoms with van der Waals surface area (Å²) in [6.07, 6.45) is 0.440. The SMILES string of the molecule is CC(O)CN.CC(O)CN.O=C(O)/C=C\C(=O)O. The molecule has 0 fully saturated rings. The molecule has 0 bridgehead atoms. The highest BCUT2D eigenvalue weighted by Gasteiger charge is 1.88. The monoisotopic (exact) mass is 266 g/mol. The van der Waals surface area contributed by atoms with E-state index in [1.807, 2.05) is 0 Å². The molecule has 0 rings (SSSR count). The largest absolute Gasteiger partial charge is 0.478 e. The third kappa shape index (κ3) is 46.9. The van der Waals surface area contributed by atoms with E-state index in [1.54, 1.807) is 13.8 Å². The Labute approximate surface area is 106 Å². The van der Waals surface area contributed by atoms with Crippen LogP contribution in [0.25, 0.3) is 0 Å². The summed E-state index contributed by atoms with van der Waals surface area (Å²) in [6.45, 7) is 4.03. The Balaban J connectivity index is -0.000000197. The Kier molecular flexibility index (Phi) is 18.8. The van der Waals surface area contributed by atoms with E-state index >= 15 is 0 Å². The predicted molar refractivity (Wildman–Crippen MR) is 65.9 cm³/mol. The van der Waals surface area contributed by atoms with Crippen LogP contribution in [-0.4, -0.2) is 57.7 Å². The lowest BCUT2D eigenvalue weighted by molar-refractivity contribution is -0.134. The molecule has 0 spiro atoms. The summed E-state index contributed by atoms with van der Waals surface area (Å²) in [7, 11) is 0. The molecule has 8 heteroatoms. The normalized spacial score (nSPS) is 12.6. The molecule has 0 aliphatic heterocycles. The Bertz CT molecular complexity index is 217. The quantitative estimate of drug-likeness (QED) is 0.329. The van der Waals surface area contributed by atoms with Crippen molar-refractivity contribution < 1.29 is 30.0 Å². The van der Waals surface area contributed by atoms with Crippen LogP contribution in [0.3, 0.4) is 0 Å². The molecule has 8 nitrogen and oxygen atoms in total. The maximum atomic E-state index is 9.55. The van der Waals surface area contributed by atoms with E-state index in [0.29, 0.717) is 25.2 Å². The molecular formula is C10H22N2O6. The number of aliphatic hydroxyl groups is 2. The zero-order valence-corrected chi connectivity index (χ0v) is 10.5. The highest BCUT2D eigenvalue weighted by atomic mass is 16.4. The Morgan fingerprint density at radius 3 is 1.17 bits per heavy atom. The van der Waals surface area contributed by atoms with E-state index in [2.05, 4.69) is 0 Å². The van der Waals surface area contributed by atoms with Gasteiger partial charge in [-0.25, -0.2) is 9.59 Å². The third-order valence-electron chi connectivity index (χ3n) is 1.05. The van der Waals surface area contributed by atoms with E-state index in [1.165, 1.54) is 0 Å². The number of aliphatic carboxylic acids is 2. The zero-order valence-electron chi connectivity index (χ0n) is 10.5. The zero-order chi connectivity index (χ0) is 15.1. The summed E-state index contributed by atoms with van der Waals surface area (Å²) in [5.74, 6) is -2.51. The van der Waals surface area contributed by atoms with Gasteiger partial charge in [0.15, 0.2) is 0 Å². The topological polar surface area (TPSA) is 167 Å². The minimum absolute atomic E-state index is 0.338. The summed E-state index contributed by atoms with van der Waals surface area (Å²) >= 11 is 0. The van der Waals surface area contributed by atoms with Crippen LogP contribution in [0, 0.1) is 0 Å². The molecule has 0 aromatic heterocycles. The van der Waals surface area contributed by atoms with Crippen LogP contribution in [0.4, 0.5) is 0 Å². The van der Waals surface area contributed by atoms with Crippen LogP contribution < -0.4 is 11.5 Å². The first-order chi connectivity index (χ1) is 8.17. The van der Waals surface area contributed by atoms with Crippen molar-refractivity contribution in [2.24, 2.45) is 11.5 Å². The highest BCUT2D eigenvalue weighted by Crippen LogP contribution is 1.70. The fraction of sp³-hybridized carbons (Fsp3) is 0.600. The van der Waals surface area contributed by atoms with Gasteiger partial charge in [-0.15, -0.1) is 0 Å². The molecule has 8 N–H and O–H groups in total. The number of nitrogens with two attached hydrogens (primary N) is 2. The van der Waals surface area contributed by atoms with Gasteiger partial charge in [0.1, 0.15) is 0 Å². The molecule has 0 aliphatic carbocycles. The molecule has 2 atom stereocenters. The lowest BCUT2D eigenvalue weighted by atomic mass is 10.4. The summed E-state index contributed by atoms with van der Waals surface area (Å²) < 4.78 is 0. The first-order valence-electron chi connectivity index (χ1n) is 5.07. The minimum Gasteiger partial charge on any atom is -0.478 e. The van der Waals surface area contributed by atoms with Gasteiger partial charge < -0.3 is 31.9 Å². The van der Waals surface area contributed by atoms with Crippen LogP contribution in [-0.2, 0) is 9.59 Å². The molecular weight excluding hydrogens is 244 g/mol. The number of carboxylic acid groups (broad SMARTS) is 2. The van der Waals surface area contributed by atoms with Gasteiger partial charge in [-0.05, 0) is 13.8 Å². The average Bonchev–Trinajstić information content (AvgIpc) is 2.27. The highest BCUT2D eigenvalue weighted by molar-refractivity contribution is 5.89. The molecule has 0 aromatic rings. The number of aliphatic hydroxyl groups excluding tert-OH is 2. The summed E-state index contributed by atoms with van der Waals surface area (Å²) in [5.41, 5.74) is 9.84. The van der Waals surface area contributed by atoms with Crippen LogP contribution in [0.15, 0.2) is 12.2 Å². The molecule has 0 amide bonds. The molecule has 0 saturated heterocycles. The molecule has 2 unspecified atom stereocenters. The smallest absolute Gasteiger partial charge is 0.328 e. The van der Waals surface area contributed by atoms with Crippen molar-refractivity contribution >= 4 is 11.9 Å². The maximum absolute atomic E-state index is 9.55. The van der Waals surface area contributed by atoms with Gasteiger partial charge in [0.2, 0.25) is 0 Å². The van der Waals surface area contributed by atoms with Gasteiger partial charge in [-0.1, -0.05) is 0 Å². The second-order valence-electron chi connectivity index (χ2n) is 3.18. The molecule has 0 aromatic carbocycles. The fourth-order valence-electron chi connectivity index (χ4n) is 0.143. The van der Waals surface area contributed by atoms with Gasteiger partial charge >= 0.3 is 11.9 Å². The molecule has 18 heavy (non-hydrogen) atoms.